The molecule has 2 amide bonds. The topological polar surface area (TPSA) is 120 Å². The van der Waals surface area contributed by atoms with Crippen LogP contribution in [0.2, 0.25) is 0 Å². The number of halogens is 3. The highest BCUT2D eigenvalue weighted by Gasteiger charge is 2.34. The monoisotopic (exact) mass is 790 g/mol. The zero-order valence-corrected chi connectivity index (χ0v) is 32.9. The number of hydrogen-bond donors (Lipinski definition) is 1. The predicted molar refractivity (Wildman–Crippen MR) is 209 cm³/mol. The van der Waals surface area contributed by atoms with E-state index in [1.807, 2.05) is 0 Å². The number of hydrogen-bond acceptors (Lipinski definition) is 8. The SMILES string of the molecule is CCCCCCCOc1ccc(C(=O)Oc2ccc(CN(CC(=O)OC(C)(C)C)C(=O)c3ccc(CC(=O)Nc4ccc(OC)cc4C(F)(F)F)cc3)cc2)cc1. The Morgan fingerprint density at radius 2 is 1.32 bits per heavy atom. The Morgan fingerprint density at radius 3 is 1.93 bits per heavy atom. The molecular formula is C44H49F3N2O8. The van der Waals surface area contributed by atoms with Crippen LogP contribution in [0.3, 0.4) is 0 Å². The van der Waals surface area contributed by atoms with E-state index in [4.69, 9.17) is 18.9 Å². The van der Waals surface area contributed by atoms with E-state index in [0.29, 0.717) is 29.0 Å². The lowest BCUT2D eigenvalue weighted by molar-refractivity contribution is -0.155. The normalized spacial score (nSPS) is 11.4. The molecule has 0 aliphatic carbocycles. The van der Waals surface area contributed by atoms with Crippen molar-refractivity contribution in [2.45, 2.75) is 84.5 Å². The molecule has 13 heteroatoms. The van der Waals surface area contributed by atoms with Crippen molar-refractivity contribution < 1.29 is 51.3 Å². The van der Waals surface area contributed by atoms with Gasteiger partial charge in [0.1, 0.15) is 29.4 Å². The molecular weight excluding hydrogens is 741 g/mol. The first kappa shape index (κ1) is 43.9. The Labute approximate surface area is 331 Å². The van der Waals surface area contributed by atoms with E-state index in [-0.39, 0.29) is 36.6 Å². The van der Waals surface area contributed by atoms with Crippen LogP contribution in [0, 0.1) is 0 Å². The van der Waals surface area contributed by atoms with E-state index in [9.17, 15) is 32.3 Å². The van der Waals surface area contributed by atoms with Crippen LogP contribution in [0.25, 0.3) is 0 Å². The maximum Gasteiger partial charge on any atom is 0.418 e. The second kappa shape index (κ2) is 20.4. The lowest BCUT2D eigenvalue weighted by atomic mass is 10.1. The molecule has 4 rings (SSSR count). The van der Waals surface area contributed by atoms with Crippen LogP contribution in [0.5, 0.6) is 17.2 Å². The van der Waals surface area contributed by atoms with Crippen molar-refractivity contribution in [3.8, 4) is 17.2 Å². The molecule has 0 aliphatic heterocycles. The van der Waals surface area contributed by atoms with Gasteiger partial charge in [0.05, 0.1) is 37.0 Å². The summed E-state index contributed by atoms with van der Waals surface area (Å²) in [6.07, 6.45) is 0.669. The molecule has 0 saturated carbocycles. The van der Waals surface area contributed by atoms with Crippen LogP contribution in [0.1, 0.15) is 97.2 Å². The molecule has 10 nitrogen and oxygen atoms in total. The van der Waals surface area contributed by atoms with Crippen molar-refractivity contribution >= 4 is 29.4 Å². The standard InChI is InChI=1S/C44H49F3N2O8/c1-6-7-8-9-10-25-55-34-21-17-33(18-22-34)42(53)56-35-19-13-31(14-20-35)28-49(29-40(51)57-43(2,3)4)41(52)32-15-11-30(12-16-32)26-39(50)48-38-24-23-36(54-5)27-37(38)44(45,46)47/h11-24,27H,6-10,25-26,28-29H2,1-5H3,(H,48,50). The van der Waals surface area contributed by atoms with Gasteiger partial charge in [0.15, 0.2) is 0 Å². The highest BCUT2D eigenvalue weighted by atomic mass is 19.4. The number of nitrogens with zero attached hydrogens (tertiary/aromatic N) is 1. The third-order valence-corrected chi connectivity index (χ3v) is 8.51. The van der Waals surface area contributed by atoms with E-state index in [1.165, 1.54) is 61.6 Å². The second-order valence-corrected chi connectivity index (χ2v) is 14.4. The van der Waals surface area contributed by atoms with Gasteiger partial charge in [-0.15, -0.1) is 0 Å². The lowest BCUT2D eigenvalue weighted by Gasteiger charge is -2.25. The molecule has 4 aromatic rings. The van der Waals surface area contributed by atoms with Gasteiger partial charge in [0.2, 0.25) is 5.91 Å². The first-order chi connectivity index (χ1) is 27.0. The molecule has 0 aliphatic rings. The van der Waals surface area contributed by atoms with Crippen LogP contribution in [-0.4, -0.2) is 54.5 Å². The number of amides is 2. The summed E-state index contributed by atoms with van der Waals surface area (Å²) in [5, 5.41) is 2.30. The van der Waals surface area contributed by atoms with Gasteiger partial charge in [-0.05, 0) is 105 Å². The second-order valence-electron chi connectivity index (χ2n) is 14.4. The molecule has 0 fully saturated rings. The number of nitrogens with one attached hydrogen (secondary N) is 1. The number of unbranched alkanes of at least 4 members (excludes halogenated alkanes) is 4. The fraction of sp³-hybridized carbons (Fsp3) is 0.364. The molecule has 0 spiro atoms. The van der Waals surface area contributed by atoms with Gasteiger partial charge in [-0.3, -0.25) is 14.4 Å². The van der Waals surface area contributed by atoms with Crippen molar-refractivity contribution in [3.63, 3.8) is 0 Å². The Balaban J connectivity index is 1.39. The van der Waals surface area contributed by atoms with E-state index in [0.717, 1.165) is 25.0 Å². The fourth-order valence-corrected chi connectivity index (χ4v) is 5.68. The Morgan fingerprint density at radius 1 is 0.719 bits per heavy atom. The van der Waals surface area contributed by atoms with Crippen molar-refractivity contribution in [1.82, 2.24) is 4.90 Å². The molecule has 0 aromatic heterocycles. The third kappa shape index (κ3) is 14.3. The summed E-state index contributed by atoms with van der Waals surface area (Å²) in [5.41, 5.74) is -0.641. The molecule has 4 aromatic carbocycles. The van der Waals surface area contributed by atoms with Gasteiger partial charge in [0.25, 0.3) is 5.91 Å². The predicted octanol–water partition coefficient (Wildman–Crippen LogP) is 9.45. The Hall–Kier alpha value is -5.85. The maximum absolute atomic E-state index is 13.8. The number of ether oxygens (including phenoxy) is 4. The van der Waals surface area contributed by atoms with Crippen LogP contribution in [0.15, 0.2) is 91.0 Å². The summed E-state index contributed by atoms with van der Waals surface area (Å²) < 4.78 is 62.6. The fourth-order valence-electron chi connectivity index (χ4n) is 5.68. The van der Waals surface area contributed by atoms with Gasteiger partial charge < -0.3 is 29.2 Å². The van der Waals surface area contributed by atoms with Crippen molar-refractivity contribution in [2.24, 2.45) is 0 Å². The minimum atomic E-state index is -4.73. The van der Waals surface area contributed by atoms with Gasteiger partial charge in [-0.2, -0.15) is 13.2 Å². The molecule has 0 radical (unpaired) electrons. The minimum absolute atomic E-state index is 0.0000735. The third-order valence-electron chi connectivity index (χ3n) is 8.51. The summed E-state index contributed by atoms with van der Waals surface area (Å²) in [4.78, 5) is 53.5. The van der Waals surface area contributed by atoms with E-state index in [2.05, 4.69) is 12.2 Å². The number of benzene rings is 4. The summed E-state index contributed by atoms with van der Waals surface area (Å²) in [6, 6.07) is 22.4. The molecule has 0 saturated heterocycles. The molecule has 0 heterocycles. The number of carbonyl (C=O) groups is 4. The molecule has 1 N–H and O–H groups in total. The van der Waals surface area contributed by atoms with E-state index >= 15 is 0 Å². The molecule has 0 unspecified atom stereocenters. The zero-order valence-electron chi connectivity index (χ0n) is 32.9. The van der Waals surface area contributed by atoms with Gasteiger partial charge in [-0.25, -0.2) is 4.79 Å². The number of rotatable bonds is 18. The number of alkyl halides is 3. The Kier molecular flexibility index (Phi) is 15.7. The summed E-state index contributed by atoms with van der Waals surface area (Å²) >= 11 is 0. The summed E-state index contributed by atoms with van der Waals surface area (Å²) in [7, 11) is 1.24. The molecule has 304 valence electrons. The maximum atomic E-state index is 13.8. The quantitative estimate of drug-likeness (QED) is 0.0602. The number of esters is 2. The van der Waals surface area contributed by atoms with E-state index in [1.54, 1.807) is 69.3 Å². The van der Waals surface area contributed by atoms with Crippen LogP contribution < -0.4 is 19.5 Å². The number of methoxy groups -OCH3 is 1. The van der Waals surface area contributed by atoms with Gasteiger partial charge >= 0.3 is 18.1 Å². The van der Waals surface area contributed by atoms with Crippen LogP contribution >= 0.6 is 0 Å². The van der Waals surface area contributed by atoms with Crippen LogP contribution in [0.4, 0.5) is 18.9 Å². The minimum Gasteiger partial charge on any atom is -0.497 e. The number of carbonyl (C=O) groups excluding carboxylic acids is 4. The average Bonchev–Trinajstić information content (AvgIpc) is 3.16. The zero-order chi connectivity index (χ0) is 41.6. The van der Waals surface area contributed by atoms with Crippen molar-refractivity contribution in [1.29, 1.82) is 0 Å². The van der Waals surface area contributed by atoms with Crippen molar-refractivity contribution in [2.75, 3.05) is 25.6 Å². The number of anilines is 1. The van der Waals surface area contributed by atoms with Crippen molar-refractivity contribution in [3.05, 3.63) is 119 Å². The smallest absolute Gasteiger partial charge is 0.418 e. The largest absolute Gasteiger partial charge is 0.497 e. The molecule has 57 heavy (non-hydrogen) atoms. The van der Waals surface area contributed by atoms with Gasteiger partial charge in [-0.1, -0.05) is 56.9 Å². The first-order valence-electron chi connectivity index (χ1n) is 18.7. The Bertz CT molecular complexity index is 1960. The summed E-state index contributed by atoms with van der Waals surface area (Å²) in [6.45, 7) is 7.54. The molecule has 0 bridgehead atoms. The summed E-state index contributed by atoms with van der Waals surface area (Å²) in [5.74, 6) is -1.44. The van der Waals surface area contributed by atoms with Crippen LogP contribution in [-0.2, 0) is 33.5 Å². The lowest BCUT2D eigenvalue weighted by Crippen LogP contribution is -2.38. The molecule has 0 atom stereocenters. The van der Waals surface area contributed by atoms with E-state index < -0.39 is 46.8 Å². The highest BCUT2D eigenvalue weighted by Crippen LogP contribution is 2.37. The van der Waals surface area contributed by atoms with Gasteiger partial charge in [0, 0.05) is 12.1 Å². The first-order valence-corrected chi connectivity index (χ1v) is 18.7. The highest BCUT2D eigenvalue weighted by molar-refractivity contribution is 5.97. The average molecular weight is 791 g/mol.